The molecule has 168 valence electrons. The lowest BCUT2D eigenvalue weighted by Crippen LogP contribution is -2.57. The molecule has 4 atom stereocenters. The van der Waals surface area contributed by atoms with Gasteiger partial charge in [0.25, 0.3) is 0 Å². The number of benzene rings is 1. The number of hydrogen-bond donors (Lipinski definition) is 1. The average molecular weight is 432 g/mol. The number of anilines is 1. The van der Waals surface area contributed by atoms with E-state index in [0.29, 0.717) is 24.1 Å². The van der Waals surface area contributed by atoms with Crippen molar-refractivity contribution < 1.29 is 28.2 Å². The summed E-state index contributed by atoms with van der Waals surface area (Å²) in [6, 6.07) is 2.78. The van der Waals surface area contributed by atoms with Gasteiger partial charge in [0.2, 0.25) is 0 Å². The number of rotatable bonds is 5. The lowest BCUT2D eigenvalue weighted by molar-refractivity contribution is -0.137. The minimum absolute atomic E-state index is 0.0151. The quantitative estimate of drug-likeness (QED) is 0.435. The Morgan fingerprint density at radius 3 is 2.77 bits per heavy atom. The minimum Gasteiger partial charge on any atom is -0.504 e. The smallest absolute Gasteiger partial charge is 0.337 e. The van der Waals surface area contributed by atoms with E-state index in [1.54, 1.807) is 6.07 Å². The normalized spacial score (nSPS) is 30.0. The van der Waals surface area contributed by atoms with Crippen LogP contribution in [0.3, 0.4) is 0 Å². The van der Waals surface area contributed by atoms with Crippen molar-refractivity contribution in [1.29, 1.82) is 0 Å². The first-order valence-electron chi connectivity index (χ1n) is 10.7. The minimum atomic E-state index is -0.866. The molecule has 1 aromatic rings. The number of halogens is 1. The molecule has 8 heteroatoms. The van der Waals surface area contributed by atoms with Crippen molar-refractivity contribution in [2.45, 2.75) is 37.8 Å². The molecule has 1 N–H and O–H groups in total. The van der Waals surface area contributed by atoms with E-state index in [9.17, 15) is 14.0 Å². The van der Waals surface area contributed by atoms with Gasteiger partial charge in [0.05, 0.1) is 38.7 Å². The topological polar surface area (TPSA) is 77.1 Å². The van der Waals surface area contributed by atoms with E-state index in [2.05, 4.69) is 17.1 Å². The maximum atomic E-state index is 14.3. The van der Waals surface area contributed by atoms with Crippen LogP contribution in [0.2, 0.25) is 0 Å². The van der Waals surface area contributed by atoms with Crippen LogP contribution in [0.4, 0.5) is 10.1 Å². The standard InChI is InChI=1S/C23H29FN2O5/c1-5-13-11-26-9-8-23(18(26)10-14(13)15(12-29-2)22(28)31-4)21(27)19-17(25-23)7-6-16(24)20(19)30-3/h6-7,12-14,18,25H,5,8-11H2,1-4H3/b15-12+/t13-,14+,18+,23+/m1/s1. The number of nitrogens with one attached hydrogen (secondary N) is 1. The highest BCUT2D eigenvalue weighted by molar-refractivity contribution is 6.16. The molecule has 2 saturated heterocycles. The van der Waals surface area contributed by atoms with Crippen LogP contribution in [-0.2, 0) is 14.3 Å². The summed E-state index contributed by atoms with van der Waals surface area (Å²) in [6.45, 7) is 3.63. The molecule has 0 unspecified atom stereocenters. The Labute approximate surface area is 181 Å². The van der Waals surface area contributed by atoms with Crippen molar-refractivity contribution in [1.82, 2.24) is 4.90 Å². The summed E-state index contributed by atoms with van der Waals surface area (Å²) in [5.41, 5.74) is 0.499. The van der Waals surface area contributed by atoms with Crippen LogP contribution in [0.5, 0.6) is 5.75 Å². The fraction of sp³-hybridized carbons (Fsp3) is 0.565. The van der Waals surface area contributed by atoms with Gasteiger partial charge in [0, 0.05) is 24.8 Å². The first kappa shape index (κ1) is 21.6. The number of ether oxygens (including phenoxy) is 3. The molecule has 3 heterocycles. The van der Waals surface area contributed by atoms with Gasteiger partial charge in [0.15, 0.2) is 17.3 Å². The Morgan fingerprint density at radius 2 is 2.13 bits per heavy atom. The van der Waals surface area contributed by atoms with Gasteiger partial charge >= 0.3 is 5.97 Å². The molecule has 0 radical (unpaired) electrons. The average Bonchev–Trinajstić information content (AvgIpc) is 3.28. The van der Waals surface area contributed by atoms with Crippen molar-refractivity contribution in [3.05, 3.63) is 35.3 Å². The van der Waals surface area contributed by atoms with Crippen LogP contribution >= 0.6 is 0 Å². The number of carbonyl (C=O) groups excluding carboxylic acids is 2. The number of fused-ring (bicyclic) bond motifs is 3. The highest BCUT2D eigenvalue weighted by Gasteiger charge is 2.60. The molecule has 7 nitrogen and oxygen atoms in total. The summed E-state index contributed by atoms with van der Waals surface area (Å²) in [5, 5.41) is 3.42. The van der Waals surface area contributed by atoms with Gasteiger partial charge < -0.3 is 19.5 Å². The highest BCUT2D eigenvalue weighted by Crippen LogP contribution is 2.50. The fourth-order valence-corrected chi connectivity index (χ4v) is 5.73. The van der Waals surface area contributed by atoms with Crippen molar-refractivity contribution in [3.63, 3.8) is 0 Å². The Hall–Kier alpha value is -2.61. The van der Waals surface area contributed by atoms with E-state index in [4.69, 9.17) is 14.2 Å². The molecule has 0 aromatic heterocycles. The van der Waals surface area contributed by atoms with Gasteiger partial charge in [-0.15, -0.1) is 0 Å². The Morgan fingerprint density at radius 1 is 1.35 bits per heavy atom. The van der Waals surface area contributed by atoms with Crippen molar-refractivity contribution in [2.24, 2.45) is 11.8 Å². The zero-order valence-corrected chi connectivity index (χ0v) is 18.4. The maximum Gasteiger partial charge on any atom is 0.337 e. The molecule has 0 amide bonds. The summed E-state index contributed by atoms with van der Waals surface area (Å²) in [7, 11) is 4.24. The molecule has 0 saturated carbocycles. The van der Waals surface area contributed by atoms with Crippen LogP contribution in [0.1, 0.15) is 36.5 Å². The third kappa shape index (κ3) is 3.19. The third-order valence-corrected chi connectivity index (χ3v) is 7.21. The summed E-state index contributed by atoms with van der Waals surface area (Å²) in [6.07, 6.45) is 3.56. The summed E-state index contributed by atoms with van der Waals surface area (Å²) >= 11 is 0. The molecule has 3 aliphatic heterocycles. The Balaban J connectivity index is 1.72. The molecule has 1 spiro atoms. The first-order valence-corrected chi connectivity index (χ1v) is 10.7. The monoisotopic (exact) mass is 432 g/mol. The highest BCUT2D eigenvalue weighted by atomic mass is 19.1. The van der Waals surface area contributed by atoms with E-state index in [0.717, 1.165) is 19.5 Å². The van der Waals surface area contributed by atoms with Gasteiger partial charge in [-0.3, -0.25) is 9.69 Å². The number of Topliss-reactive ketones (excluding diaryl/α,β-unsaturated/α-hetero) is 1. The van der Waals surface area contributed by atoms with Crippen molar-refractivity contribution >= 4 is 17.4 Å². The predicted molar refractivity (Wildman–Crippen MR) is 113 cm³/mol. The second kappa shape index (κ2) is 8.15. The molecule has 3 aliphatic rings. The summed E-state index contributed by atoms with van der Waals surface area (Å²) in [5.74, 6) is -0.993. The van der Waals surface area contributed by atoms with Crippen LogP contribution in [0.15, 0.2) is 24.0 Å². The SMILES string of the molecule is CC[C@@H]1CN2CC[C@]3(Nc4ccc(F)c(OC)c4C3=O)[C@@H]2C[C@@H]1/C(=C\OC)C(=O)OC. The molecule has 0 bridgehead atoms. The van der Waals surface area contributed by atoms with Gasteiger partial charge in [-0.1, -0.05) is 13.3 Å². The van der Waals surface area contributed by atoms with Crippen molar-refractivity contribution in [3.8, 4) is 5.75 Å². The Bertz CT molecular complexity index is 933. The first-order chi connectivity index (χ1) is 14.9. The number of carbonyl (C=O) groups is 2. The molecule has 31 heavy (non-hydrogen) atoms. The van der Waals surface area contributed by atoms with Crippen LogP contribution in [0, 0.1) is 17.7 Å². The fourth-order valence-electron chi connectivity index (χ4n) is 5.73. The third-order valence-electron chi connectivity index (χ3n) is 7.21. The van der Waals surface area contributed by atoms with Crippen LogP contribution in [-0.4, -0.2) is 62.7 Å². The van der Waals surface area contributed by atoms with Gasteiger partial charge in [0.1, 0.15) is 5.54 Å². The molecule has 4 rings (SSSR count). The maximum absolute atomic E-state index is 14.3. The van der Waals surface area contributed by atoms with E-state index >= 15 is 0 Å². The van der Waals surface area contributed by atoms with Gasteiger partial charge in [-0.2, -0.15) is 0 Å². The predicted octanol–water partition coefficient (Wildman–Crippen LogP) is 3.01. The lowest BCUT2D eigenvalue weighted by atomic mass is 9.72. The Kier molecular flexibility index (Phi) is 5.68. The number of methoxy groups -OCH3 is 3. The molecule has 2 fully saturated rings. The second-order valence-corrected chi connectivity index (χ2v) is 8.50. The molecular weight excluding hydrogens is 403 g/mol. The zero-order chi connectivity index (χ0) is 22.3. The van der Waals surface area contributed by atoms with Gasteiger partial charge in [-0.25, -0.2) is 9.18 Å². The second-order valence-electron chi connectivity index (χ2n) is 8.50. The number of hydrogen-bond acceptors (Lipinski definition) is 7. The van der Waals surface area contributed by atoms with E-state index in [1.807, 2.05) is 0 Å². The van der Waals surface area contributed by atoms with Gasteiger partial charge in [-0.05, 0) is 36.8 Å². The number of piperidine rings is 1. The van der Waals surface area contributed by atoms with E-state index in [-0.39, 0.29) is 35.0 Å². The molecular formula is C23H29FN2O5. The number of nitrogens with zero attached hydrogens (tertiary/aromatic N) is 1. The largest absolute Gasteiger partial charge is 0.504 e. The summed E-state index contributed by atoms with van der Waals surface area (Å²) in [4.78, 5) is 28.5. The van der Waals surface area contributed by atoms with Crippen LogP contribution < -0.4 is 10.1 Å². The number of ketones is 1. The molecule has 1 aromatic carbocycles. The van der Waals surface area contributed by atoms with E-state index < -0.39 is 17.3 Å². The zero-order valence-electron chi connectivity index (χ0n) is 18.4. The lowest BCUT2D eigenvalue weighted by Gasteiger charge is -2.45. The van der Waals surface area contributed by atoms with E-state index in [1.165, 1.54) is 33.7 Å². The van der Waals surface area contributed by atoms with Crippen molar-refractivity contribution in [2.75, 3.05) is 39.7 Å². The summed E-state index contributed by atoms with van der Waals surface area (Å²) < 4.78 is 29.8. The molecule has 0 aliphatic carbocycles. The number of esters is 1. The van der Waals surface area contributed by atoms with Crippen LogP contribution in [0.25, 0.3) is 0 Å².